The molecular weight excluding hydrogens is 1080 g/mol. The Labute approximate surface area is 458 Å². The fourth-order valence-corrected chi connectivity index (χ4v) is 10.7. The second-order valence-corrected chi connectivity index (χ2v) is 24.0. The Bertz CT molecular complexity index is 3550. The summed E-state index contributed by atoms with van der Waals surface area (Å²) in [6.07, 6.45) is 4.27. The number of rotatable bonds is 10. The molecule has 2 heterocycles. The first-order chi connectivity index (χ1) is 35.5. The van der Waals surface area contributed by atoms with E-state index in [0.717, 1.165) is 104 Å². The number of pyridine rings is 1. The van der Waals surface area contributed by atoms with Crippen LogP contribution in [0.1, 0.15) is 138 Å². The third-order valence-electron chi connectivity index (χ3n) is 15.3. The molecule has 5 heteroatoms. The smallest absolute Gasteiger partial charge is 0.148 e. The van der Waals surface area contributed by atoms with Gasteiger partial charge in [0.15, 0.2) is 0 Å². The summed E-state index contributed by atoms with van der Waals surface area (Å²) in [5.41, 5.74) is 16.0. The summed E-state index contributed by atoms with van der Waals surface area (Å²) in [6.45, 7) is 24.4. The van der Waals surface area contributed by atoms with Crippen molar-refractivity contribution in [2.24, 2.45) is 5.92 Å². The number of hydrogen-bond acceptors (Lipinski definition) is 3. The van der Waals surface area contributed by atoms with Gasteiger partial charge in [-0.05, 0) is 97.8 Å². The van der Waals surface area contributed by atoms with E-state index >= 15 is 0 Å². The van der Waals surface area contributed by atoms with Gasteiger partial charge in [-0.2, -0.15) is 0 Å². The molecule has 10 rings (SSSR count). The molecule has 380 valence electrons. The van der Waals surface area contributed by atoms with Gasteiger partial charge in [-0.3, -0.25) is 9.55 Å². The van der Waals surface area contributed by atoms with E-state index in [1.54, 1.807) is 0 Å². The molecule has 1 fully saturated rings. The molecule has 1 aliphatic rings. The standard InChI is InChI=1S/C69H72N3O.Pt/c1-66(2,3)54-40-50(39-51(41-54)60-42-49(35-36-70-60)47-30-32-53(33-31-47)69(10,11)52-25-16-13-17-26-52)56-27-20-28-62-63(56)71-65(58-43-55(67(4,5)6)44-59(64(58)73)68(7,8)9)72(62)61-34-29-46(37-45-21-18-19-22-45)38-57(61)48-23-14-12-15-24-48;/h12-17,20,23-36,38,40-45,73H,18-19,21-22,37H2,1-11H3;/q-1;/i37D2;. The van der Waals surface area contributed by atoms with E-state index in [1.165, 1.54) is 11.1 Å². The summed E-state index contributed by atoms with van der Waals surface area (Å²) in [4.78, 5) is 10.7. The number of hydrogen-bond donors (Lipinski definition) is 1. The van der Waals surface area contributed by atoms with Crippen molar-refractivity contribution < 1.29 is 28.9 Å². The molecule has 0 unspecified atom stereocenters. The number of imidazole rings is 1. The molecule has 0 aliphatic heterocycles. The molecule has 1 aliphatic carbocycles. The van der Waals surface area contributed by atoms with Crippen molar-refractivity contribution in [2.75, 3.05) is 0 Å². The molecule has 0 atom stereocenters. The topological polar surface area (TPSA) is 50.9 Å². The van der Waals surface area contributed by atoms with Crippen LogP contribution >= 0.6 is 0 Å². The minimum Gasteiger partial charge on any atom is -0.507 e. The molecule has 1 N–H and O–H groups in total. The Morgan fingerprint density at radius 3 is 1.86 bits per heavy atom. The molecule has 0 saturated heterocycles. The molecule has 4 nitrogen and oxygen atoms in total. The quantitative estimate of drug-likeness (QED) is 0.139. The van der Waals surface area contributed by atoms with Crippen molar-refractivity contribution in [1.29, 1.82) is 0 Å². The van der Waals surface area contributed by atoms with Gasteiger partial charge in [-0.1, -0.05) is 228 Å². The Morgan fingerprint density at radius 2 is 1.20 bits per heavy atom. The summed E-state index contributed by atoms with van der Waals surface area (Å²) in [5, 5.41) is 12.7. The van der Waals surface area contributed by atoms with E-state index in [2.05, 4.69) is 220 Å². The predicted octanol–water partition coefficient (Wildman–Crippen LogP) is 18.2. The van der Waals surface area contributed by atoms with Gasteiger partial charge in [0, 0.05) is 52.2 Å². The molecule has 0 spiro atoms. The number of aromatic nitrogens is 3. The zero-order chi connectivity index (χ0) is 53.2. The van der Waals surface area contributed by atoms with Crippen LogP contribution in [0.5, 0.6) is 5.75 Å². The number of phenols is 1. The van der Waals surface area contributed by atoms with Crippen LogP contribution < -0.4 is 0 Å². The summed E-state index contributed by atoms with van der Waals surface area (Å²) in [6, 6.07) is 59.3. The normalized spacial score (nSPS) is 14.2. The maximum Gasteiger partial charge on any atom is 0.148 e. The van der Waals surface area contributed by atoms with Gasteiger partial charge >= 0.3 is 0 Å². The van der Waals surface area contributed by atoms with Gasteiger partial charge in [-0.25, -0.2) is 4.98 Å². The van der Waals surface area contributed by atoms with E-state index in [4.69, 9.17) is 9.97 Å². The van der Waals surface area contributed by atoms with E-state index in [0.29, 0.717) is 17.0 Å². The Hall–Kier alpha value is -6.35. The van der Waals surface area contributed by atoms with Crippen LogP contribution in [0.15, 0.2) is 164 Å². The number of fused-ring (bicyclic) bond motifs is 1. The molecule has 1 saturated carbocycles. The van der Waals surface area contributed by atoms with Crippen molar-refractivity contribution in [3.05, 3.63) is 203 Å². The summed E-state index contributed by atoms with van der Waals surface area (Å²) < 4.78 is 21.3. The monoisotopic (exact) mass is 1160 g/mol. The SMILES string of the molecule is [2H]C([2H])(c1ccc(-n2c(-c3cc(C(C)(C)C)cc(C(C)(C)C)c3O)nc3c(-c4[c-]c(-c5cc(-c6ccc(C(C)(C)c7ccccc7)cc6)ccn5)cc(C(C)(C)C)c4)cccc32)c(-c2ccccc2)c1)C1CCCC1.[Pt]. The summed E-state index contributed by atoms with van der Waals surface area (Å²) in [5.74, 6) is 0.766. The molecule has 74 heavy (non-hydrogen) atoms. The van der Waals surface area contributed by atoms with Crippen molar-refractivity contribution in [3.8, 4) is 67.5 Å². The van der Waals surface area contributed by atoms with Gasteiger partial charge in [0.25, 0.3) is 0 Å². The van der Waals surface area contributed by atoms with E-state index < -0.39 is 6.37 Å². The summed E-state index contributed by atoms with van der Waals surface area (Å²) in [7, 11) is 0. The van der Waals surface area contributed by atoms with Gasteiger partial charge in [0.2, 0.25) is 0 Å². The van der Waals surface area contributed by atoms with Crippen LogP contribution in [0.3, 0.4) is 0 Å². The minimum absolute atomic E-state index is 0. The van der Waals surface area contributed by atoms with Gasteiger partial charge in [0.05, 0.1) is 22.3 Å². The molecule has 0 amide bonds. The van der Waals surface area contributed by atoms with Crippen LogP contribution in [-0.2, 0) is 49.1 Å². The molecule has 0 bridgehead atoms. The first-order valence-corrected chi connectivity index (χ1v) is 26.3. The van der Waals surface area contributed by atoms with Gasteiger partial charge in [-0.15, -0.1) is 29.3 Å². The van der Waals surface area contributed by atoms with Crippen LogP contribution in [0.2, 0.25) is 0 Å². The van der Waals surface area contributed by atoms with Crippen molar-refractivity contribution in [3.63, 3.8) is 0 Å². The fraction of sp³-hybridized carbons (Fsp3) is 0.304. The summed E-state index contributed by atoms with van der Waals surface area (Å²) >= 11 is 0. The van der Waals surface area contributed by atoms with E-state index in [-0.39, 0.29) is 54.4 Å². The minimum atomic E-state index is -1.50. The molecule has 7 aromatic carbocycles. The van der Waals surface area contributed by atoms with Crippen molar-refractivity contribution >= 4 is 11.0 Å². The maximum atomic E-state index is 12.7. The van der Waals surface area contributed by atoms with Crippen molar-refractivity contribution in [1.82, 2.24) is 14.5 Å². The maximum absolute atomic E-state index is 12.7. The third kappa shape index (κ3) is 10.5. The number of para-hydroxylation sites is 1. The predicted molar refractivity (Wildman–Crippen MR) is 307 cm³/mol. The molecule has 2 aromatic heterocycles. The van der Waals surface area contributed by atoms with Crippen LogP contribution in [-0.4, -0.2) is 19.6 Å². The Morgan fingerprint density at radius 1 is 0.568 bits per heavy atom. The number of aromatic hydroxyl groups is 1. The second kappa shape index (κ2) is 20.4. The van der Waals surface area contributed by atoms with Gasteiger partial charge in [0.1, 0.15) is 11.6 Å². The Kier molecular flexibility index (Phi) is 13.7. The first kappa shape index (κ1) is 49.8. The first-order valence-electron chi connectivity index (χ1n) is 27.3. The zero-order valence-corrected chi connectivity index (χ0v) is 47.4. The number of phenolic OH excluding ortho intramolecular Hbond substituents is 1. The molecule has 9 aromatic rings. The molecular formula is C69H72N3OPt-. The third-order valence-corrected chi connectivity index (χ3v) is 15.3. The largest absolute Gasteiger partial charge is 0.507 e. The van der Waals surface area contributed by atoms with Crippen LogP contribution in [0.4, 0.5) is 0 Å². The van der Waals surface area contributed by atoms with Crippen LogP contribution in [0, 0.1) is 12.0 Å². The Balaban J connectivity index is 0.00000706. The average molecular weight is 1160 g/mol. The second-order valence-electron chi connectivity index (χ2n) is 24.0. The zero-order valence-electron chi connectivity index (χ0n) is 47.1. The molecule has 0 radical (unpaired) electrons. The number of benzene rings is 7. The fourth-order valence-electron chi connectivity index (χ4n) is 10.7. The number of nitrogens with zero attached hydrogens (tertiary/aromatic N) is 3. The van der Waals surface area contributed by atoms with Crippen LogP contribution in [0.25, 0.3) is 72.7 Å². The van der Waals surface area contributed by atoms with E-state index in [1.807, 2.05) is 30.5 Å². The van der Waals surface area contributed by atoms with E-state index in [9.17, 15) is 7.85 Å². The van der Waals surface area contributed by atoms with Crippen molar-refractivity contribution in [2.45, 2.75) is 130 Å². The van der Waals surface area contributed by atoms with Gasteiger partial charge < -0.3 is 5.11 Å². The average Bonchev–Trinajstić information content (AvgIpc) is 4.10.